The second kappa shape index (κ2) is 5.65. The Balaban J connectivity index is 1.76. The summed E-state index contributed by atoms with van der Waals surface area (Å²) in [6.45, 7) is 2.70. The van der Waals surface area contributed by atoms with Crippen molar-refractivity contribution in [1.82, 2.24) is 4.90 Å². The van der Waals surface area contributed by atoms with Crippen LogP contribution in [0.2, 0.25) is 0 Å². The van der Waals surface area contributed by atoms with Crippen LogP contribution in [0.1, 0.15) is 32.1 Å². The molecule has 2 fully saturated rings. The summed E-state index contributed by atoms with van der Waals surface area (Å²) >= 11 is 0. The first-order valence-corrected chi connectivity index (χ1v) is 6.84. The molecule has 0 spiro atoms. The van der Waals surface area contributed by atoms with Crippen LogP contribution in [0.3, 0.4) is 0 Å². The second-order valence-electron chi connectivity index (χ2n) is 5.85. The van der Waals surface area contributed by atoms with Crippen LogP contribution in [-0.4, -0.2) is 55.0 Å². The predicted octanol–water partition coefficient (Wildman–Crippen LogP) is 0.587. The molecule has 0 radical (unpaired) electrons. The lowest BCUT2D eigenvalue weighted by molar-refractivity contribution is -0.00709. The molecule has 2 aliphatic rings. The molecule has 2 atom stereocenters. The monoisotopic (exact) mass is 242 g/mol. The van der Waals surface area contributed by atoms with Crippen molar-refractivity contribution in [2.75, 3.05) is 33.4 Å². The number of nitrogens with zero attached hydrogens (tertiary/aromatic N) is 1. The molecule has 1 heterocycles. The Labute approximate surface area is 104 Å². The Bertz CT molecular complexity index is 240. The number of aliphatic hydroxyl groups excluding tert-OH is 1. The molecule has 0 aromatic carbocycles. The van der Waals surface area contributed by atoms with Gasteiger partial charge >= 0.3 is 0 Å². The molecule has 1 saturated heterocycles. The maximum atomic E-state index is 9.47. The Hall–Kier alpha value is -0.160. The molecule has 0 aromatic heterocycles. The van der Waals surface area contributed by atoms with Gasteiger partial charge in [-0.3, -0.25) is 0 Å². The highest BCUT2D eigenvalue weighted by molar-refractivity contribution is 5.00. The maximum absolute atomic E-state index is 9.47. The highest BCUT2D eigenvalue weighted by Gasteiger charge is 2.42. The van der Waals surface area contributed by atoms with Crippen LogP contribution >= 0.6 is 0 Å². The van der Waals surface area contributed by atoms with E-state index in [1.165, 1.54) is 25.7 Å². The van der Waals surface area contributed by atoms with Crippen molar-refractivity contribution in [2.45, 2.75) is 43.7 Å². The van der Waals surface area contributed by atoms with E-state index in [9.17, 15) is 5.11 Å². The first kappa shape index (κ1) is 13.3. The number of ether oxygens (including phenoxy) is 1. The number of rotatable bonds is 6. The molecule has 0 aromatic rings. The maximum Gasteiger partial charge on any atom is 0.0701 e. The summed E-state index contributed by atoms with van der Waals surface area (Å²) in [4.78, 5) is 2.23. The average Bonchev–Trinajstić information content (AvgIpc) is 3.14. The number of nitrogens with two attached hydrogens (primary N) is 1. The van der Waals surface area contributed by atoms with Crippen molar-refractivity contribution < 1.29 is 9.84 Å². The molecular weight excluding hydrogens is 216 g/mol. The molecule has 4 heteroatoms. The van der Waals surface area contributed by atoms with E-state index in [1.807, 2.05) is 0 Å². The summed E-state index contributed by atoms with van der Waals surface area (Å²) < 4.78 is 5.73. The van der Waals surface area contributed by atoms with Gasteiger partial charge in [-0.15, -0.1) is 0 Å². The van der Waals surface area contributed by atoms with E-state index in [2.05, 4.69) is 11.9 Å². The van der Waals surface area contributed by atoms with E-state index in [-0.39, 0.29) is 6.61 Å². The van der Waals surface area contributed by atoms with Gasteiger partial charge in [0.1, 0.15) is 0 Å². The molecule has 0 amide bonds. The smallest absolute Gasteiger partial charge is 0.0701 e. The van der Waals surface area contributed by atoms with Crippen LogP contribution in [0.25, 0.3) is 0 Å². The van der Waals surface area contributed by atoms with Gasteiger partial charge < -0.3 is 20.5 Å². The van der Waals surface area contributed by atoms with Gasteiger partial charge in [-0.05, 0) is 45.1 Å². The zero-order valence-corrected chi connectivity index (χ0v) is 10.9. The number of hydrogen-bond acceptors (Lipinski definition) is 4. The second-order valence-corrected chi connectivity index (χ2v) is 5.85. The fraction of sp³-hybridized carbons (Fsp3) is 1.00. The molecule has 2 rings (SSSR count). The predicted molar refractivity (Wildman–Crippen MR) is 67.8 cm³/mol. The molecule has 1 aliphatic carbocycles. The summed E-state index contributed by atoms with van der Waals surface area (Å²) in [5.74, 6) is 0.516. The summed E-state index contributed by atoms with van der Waals surface area (Å²) in [6.07, 6.45) is 6.32. The third-order valence-electron chi connectivity index (χ3n) is 4.04. The van der Waals surface area contributed by atoms with Crippen LogP contribution in [-0.2, 0) is 4.74 Å². The van der Waals surface area contributed by atoms with Gasteiger partial charge in [0.2, 0.25) is 0 Å². The number of aliphatic hydroxyl groups is 1. The van der Waals surface area contributed by atoms with Crippen LogP contribution in [0.4, 0.5) is 0 Å². The Kier molecular flexibility index (Phi) is 4.42. The van der Waals surface area contributed by atoms with E-state index in [0.29, 0.717) is 12.0 Å². The highest BCUT2D eigenvalue weighted by Crippen LogP contribution is 2.38. The normalized spacial score (nSPS) is 29.3. The minimum absolute atomic E-state index is 0.0908. The van der Waals surface area contributed by atoms with E-state index >= 15 is 0 Å². The van der Waals surface area contributed by atoms with Crippen LogP contribution in [0, 0.1) is 5.92 Å². The van der Waals surface area contributed by atoms with Gasteiger partial charge in [-0.25, -0.2) is 0 Å². The fourth-order valence-electron chi connectivity index (χ4n) is 2.83. The van der Waals surface area contributed by atoms with Gasteiger partial charge in [0.05, 0.1) is 18.2 Å². The summed E-state index contributed by atoms with van der Waals surface area (Å²) in [5.41, 5.74) is 5.88. The summed E-state index contributed by atoms with van der Waals surface area (Å²) in [7, 11) is 2.08. The van der Waals surface area contributed by atoms with Gasteiger partial charge in [-0.2, -0.15) is 0 Å². The van der Waals surface area contributed by atoms with Crippen molar-refractivity contribution in [2.24, 2.45) is 11.7 Å². The molecule has 1 saturated carbocycles. The fourth-order valence-corrected chi connectivity index (χ4v) is 2.83. The third kappa shape index (κ3) is 3.65. The Morgan fingerprint density at radius 1 is 1.35 bits per heavy atom. The SMILES string of the molecule is CN(CC1CCCCO1)CC(N)(CO)C1CC1. The standard InChI is InChI=1S/C13H26N2O2/c1-15(8-12-4-2-3-7-17-12)9-13(14,10-16)11-5-6-11/h11-12,16H,2-10,14H2,1H3. The Morgan fingerprint density at radius 2 is 2.12 bits per heavy atom. The lowest BCUT2D eigenvalue weighted by Crippen LogP contribution is -2.55. The van der Waals surface area contributed by atoms with Crippen molar-refractivity contribution >= 4 is 0 Å². The van der Waals surface area contributed by atoms with E-state index in [1.54, 1.807) is 0 Å². The number of likely N-dealkylation sites (N-methyl/N-ethyl adjacent to an activating group) is 1. The van der Waals surface area contributed by atoms with Crippen LogP contribution in [0.15, 0.2) is 0 Å². The molecule has 4 nitrogen and oxygen atoms in total. The van der Waals surface area contributed by atoms with Gasteiger partial charge in [0.25, 0.3) is 0 Å². The largest absolute Gasteiger partial charge is 0.394 e. The summed E-state index contributed by atoms with van der Waals surface area (Å²) in [5, 5.41) is 9.47. The topological polar surface area (TPSA) is 58.7 Å². The molecule has 3 N–H and O–H groups in total. The quantitative estimate of drug-likeness (QED) is 0.715. The minimum Gasteiger partial charge on any atom is -0.394 e. The van der Waals surface area contributed by atoms with Crippen molar-refractivity contribution in [3.05, 3.63) is 0 Å². The van der Waals surface area contributed by atoms with Crippen molar-refractivity contribution in [1.29, 1.82) is 0 Å². The van der Waals surface area contributed by atoms with Gasteiger partial charge in [0.15, 0.2) is 0 Å². The van der Waals surface area contributed by atoms with E-state index < -0.39 is 5.54 Å². The van der Waals surface area contributed by atoms with E-state index in [0.717, 1.165) is 26.1 Å². The molecule has 17 heavy (non-hydrogen) atoms. The lowest BCUT2D eigenvalue weighted by atomic mass is 9.94. The van der Waals surface area contributed by atoms with Gasteiger partial charge in [-0.1, -0.05) is 0 Å². The zero-order chi connectivity index (χ0) is 12.3. The Morgan fingerprint density at radius 3 is 2.65 bits per heavy atom. The van der Waals surface area contributed by atoms with Crippen LogP contribution in [0.5, 0.6) is 0 Å². The molecule has 1 aliphatic heterocycles. The number of hydrogen-bond donors (Lipinski definition) is 2. The average molecular weight is 242 g/mol. The van der Waals surface area contributed by atoms with Crippen LogP contribution < -0.4 is 5.73 Å². The third-order valence-corrected chi connectivity index (χ3v) is 4.04. The minimum atomic E-state index is -0.399. The summed E-state index contributed by atoms with van der Waals surface area (Å²) in [6, 6.07) is 0. The molecule has 100 valence electrons. The molecule has 2 unspecified atom stereocenters. The van der Waals surface area contributed by atoms with Crippen molar-refractivity contribution in [3.63, 3.8) is 0 Å². The first-order valence-electron chi connectivity index (χ1n) is 6.84. The molecular formula is C13H26N2O2. The molecule has 0 bridgehead atoms. The first-order chi connectivity index (χ1) is 8.14. The lowest BCUT2D eigenvalue weighted by Gasteiger charge is -2.34. The van der Waals surface area contributed by atoms with Crippen molar-refractivity contribution in [3.8, 4) is 0 Å². The zero-order valence-electron chi connectivity index (χ0n) is 10.9. The van der Waals surface area contributed by atoms with E-state index in [4.69, 9.17) is 10.5 Å². The van der Waals surface area contributed by atoms with Gasteiger partial charge in [0, 0.05) is 19.7 Å². The highest BCUT2D eigenvalue weighted by atomic mass is 16.5.